The van der Waals surface area contributed by atoms with Crippen molar-refractivity contribution in [3.05, 3.63) is 0 Å². The first kappa shape index (κ1) is 7.50. The van der Waals surface area contributed by atoms with Crippen LogP contribution in [0.5, 0.6) is 0 Å². The number of hydrogen-bond donors (Lipinski definition) is 2. The SMILES string of the molecule is CC(=O)N[C@@H]1CCN(N)C1. The van der Waals surface area contributed by atoms with E-state index in [1.54, 1.807) is 5.01 Å². The molecule has 0 radical (unpaired) electrons. The summed E-state index contributed by atoms with van der Waals surface area (Å²) in [6.45, 7) is 3.18. The molecule has 1 fully saturated rings. The van der Waals surface area contributed by atoms with Gasteiger partial charge < -0.3 is 5.32 Å². The van der Waals surface area contributed by atoms with E-state index in [9.17, 15) is 4.79 Å². The molecule has 1 heterocycles. The summed E-state index contributed by atoms with van der Waals surface area (Å²) < 4.78 is 0. The third-order valence-corrected chi connectivity index (χ3v) is 1.63. The number of carbonyl (C=O) groups excluding carboxylic acids is 1. The van der Waals surface area contributed by atoms with Crippen molar-refractivity contribution in [2.24, 2.45) is 5.84 Å². The number of amides is 1. The lowest BCUT2D eigenvalue weighted by Crippen LogP contribution is -2.37. The van der Waals surface area contributed by atoms with E-state index in [-0.39, 0.29) is 11.9 Å². The zero-order valence-corrected chi connectivity index (χ0v) is 6.13. The molecule has 0 unspecified atom stereocenters. The first-order valence-electron chi connectivity index (χ1n) is 3.45. The van der Waals surface area contributed by atoms with Gasteiger partial charge in [-0.15, -0.1) is 0 Å². The van der Waals surface area contributed by atoms with Gasteiger partial charge in [-0.05, 0) is 6.42 Å². The fourth-order valence-electron chi connectivity index (χ4n) is 1.19. The van der Waals surface area contributed by atoms with Gasteiger partial charge >= 0.3 is 0 Å². The standard InChI is InChI=1S/C6H13N3O/c1-5(10)8-6-2-3-9(7)4-6/h6H,2-4,7H2,1H3,(H,8,10)/t6-/m1/s1. The lowest BCUT2D eigenvalue weighted by Gasteiger charge is -2.09. The van der Waals surface area contributed by atoms with Crippen LogP contribution >= 0.6 is 0 Å². The number of nitrogens with one attached hydrogen (secondary N) is 1. The van der Waals surface area contributed by atoms with Crippen molar-refractivity contribution in [2.45, 2.75) is 19.4 Å². The van der Waals surface area contributed by atoms with Crippen LogP contribution in [0.3, 0.4) is 0 Å². The third kappa shape index (κ3) is 1.97. The van der Waals surface area contributed by atoms with Crippen LogP contribution in [-0.4, -0.2) is 30.0 Å². The highest BCUT2D eigenvalue weighted by Crippen LogP contribution is 2.03. The van der Waals surface area contributed by atoms with E-state index in [0.29, 0.717) is 0 Å². The Labute approximate surface area is 60.3 Å². The Hall–Kier alpha value is -0.610. The zero-order valence-electron chi connectivity index (χ0n) is 6.13. The van der Waals surface area contributed by atoms with Crippen molar-refractivity contribution in [3.8, 4) is 0 Å². The number of nitrogens with zero attached hydrogens (tertiary/aromatic N) is 1. The van der Waals surface area contributed by atoms with Crippen LogP contribution in [-0.2, 0) is 4.79 Å². The van der Waals surface area contributed by atoms with Gasteiger partial charge in [0.15, 0.2) is 0 Å². The first-order valence-corrected chi connectivity index (χ1v) is 3.45. The second-order valence-electron chi connectivity index (χ2n) is 2.68. The Bertz CT molecular complexity index is 137. The van der Waals surface area contributed by atoms with Crippen LogP contribution in [0.15, 0.2) is 0 Å². The minimum absolute atomic E-state index is 0.0281. The number of hydrogen-bond acceptors (Lipinski definition) is 3. The van der Waals surface area contributed by atoms with Gasteiger partial charge in [-0.2, -0.15) is 0 Å². The fourth-order valence-corrected chi connectivity index (χ4v) is 1.19. The average molecular weight is 143 g/mol. The molecule has 1 atom stereocenters. The van der Waals surface area contributed by atoms with Crippen LogP contribution in [0, 0.1) is 0 Å². The summed E-state index contributed by atoms with van der Waals surface area (Å²) >= 11 is 0. The molecular formula is C6H13N3O. The summed E-state index contributed by atoms with van der Waals surface area (Å²) in [4.78, 5) is 10.5. The van der Waals surface area contributed by atoms with Gasteiger partial charge in [-0.25, -0.2) is 5.01 Å². The van der Waals surface area contributed by atoms with E-state index < -0.39 is 0 Å². The van der Waals surface area contributed by atoms with Gasteiger partial charge in [0.25, 0.3) is 0 Å². The highest BCUT2D eigenvalue weighted by atomic mass is 16.1. The zero-order chi connectivity index (χ0) is 7.56. The van der Waals surface area contributed by atoms with E-state index in [4.69, 9.17) is 5.84 Å². The fraction of sp³-hybridized carbons (Fsp3) is 0.833. The lowest BCUT2D eigenvalue weighted by atomic mass is 10.3. The molecule has 1 amide bonds. The van der Waals surface area contributed by atoms with Gasteiger partial charge in [0, 0.05) is 26.1 Å². The summed E-state index contributed by atoms with van der Waals surface area (Å²) in [5, 5.41) is 4.53. The monoisotopic (exact) mass is 143 g/mol. The second kappa shape index (κ2) is 2.98. The molecule has 1 aliphatic rings. The van der Waals surface area contributed by atoms with Gasteiger partial charge in [-0.1, -0.05) is 0 Å². The molecule has 0 bridgehead atoms. The Kier molecular flexibility index (Phi) is 2.24. The van der Waals surface area contributed by atoms with Crippen LogP contribution in [0.4, 0.5) is 0 Å². The summed E-state index contributed by atoms with van der Waals surface area (Å²) in [5.74, 6) is 5.51. The van der Waals surface area contributed by atoms with Gasteiger partial charge in [0.05, 0.1) is 0 Å². The molecule has 4 heteroatoms. The predicted octanol–water partition coefficient (Wildman–Crippen LogP) is -0.929. The summed E-state index contributed by atoms with van der Waals surface area (Å²) in [7, 11) is 0. The van der Waals surface area contributed by atoms with E-state index in [1.165, 1.54) is 6.92 Å². The molecular weight excluding hydrogens is 130 g/mol. The summed E-state index contributed by atoms with van der Waals surface area (Å²) in [6, 6.07) is 0.266. The lowest BCUT2D eigenvalue weighted by molar-refractivity contribution is -0.119. The average Bonchev–Trinajstić information content (AvgIpc) is 2.13. The molecule has 1 saturated heterocycles. The normalized spacial score (nSPS) is 26.8. The number of carbonyl (C=O) groups is 1. The maximum absolute atomic E-state index is 10.5. The minimum Gasteiger partial charge on any atom is -0.352 e. The summed E-state index contributed by atoms with van der Waals surface area (Å²) in [6.07, 6.45) is 0.968. The number of nitrogens with two attached hydrogens (primary N) is 1. The van der Waals surface area contributed by atoms with E-state index in [1.807, 2.05) is 0 Å². The van der Waals surface area contributed by atoms with Crippen LogP contribution in [0.1, 0.15) is 13.3 Å². The molecule has 1 aliphatic heterocycles. The smallest absolute Gasteiger partial charge is 0.217 e. The van der Waals surface area contributed by atoms with Crippen molar-refractivity contribution >= 4 is 5.91 Å². The van der Waals surface area contributed by atoms with E-state index >= 15 is 0 Å². The molecule has 10 heavy (non-hydrogen) atoms. The van der Waals surface area contributed by atoms with Crippen molar-refractivity contribution in [1.29, 1.82) is 0 Å². The van der Waals surface area contributed by atoms with Crippen molar-refractivity contribution in [2.75, 3.05) is 13.1 Å². The third-order valence-electron chi connectivity index (χ3n) is 1.63. The largest absolute Gasteiger partial charge is 0.352 e. The minimum atomic E-state index is 0.0281. The number of rotatable bonds is 1. The predicted molar refractivity (Wildman–Crippen MR) is 38.0 cm³/mol. The highest BCUT2D eigenvalue weighted by molar-refractivity contribution is 5.73. The van der Waals surface area contributed by atoms with E-state index in [0.717, 1.165) is 19.5 Å². The quantitative estimate of drug-likeness (QED) is 0.466. The maximum atomic E-state index is 10.5. The molecule has 1 rings (SSSR count). The van der Waals surface area contributed by atoms with Gasteiger partial charge in [0.1, 0.15) is 0 Å². The molecule has 0 saturated carbocycles. The number of hydrazine groups is 1. The summed E-state index contributed by atoms with van der Waals surface area (Å²) in [5.41, 5.74) is 0. The maximum Gasteiger partial charge on any atom is 0.217 e. The second-order valence-corrected chi connectivity index (χ2v) is 2.68. The molecule has 0 aliphatic carbocycles. The van der Waals surface area contributed by atoms with Crippen molar-refractivity contribution < 1.29 is 4.79 Å². The van der Waals surface area contributed by atoms with E-state index in [2.05, 4.69) is 5.32 Å². The highest BCUT2D eigenvalue weighted by Gasteiger charge is 2.19. The molecule has 0 aromatic heterocycles. The molecule has 4 nitrogen and oxygen atoms in total. The first-order chi connectivity index (χ1) is 4.68. The van der Waals surface area contributed by atoms with Crippen LogP contribution in [0.25, 0.3) is 0 Å². The van der Waals surface area contributed by atoms with Gasteiger partial charge in [0.2, 0.25) is 5.91 Å². The van der Waals surface area contributed by atoms with Crippen LogP contribution in [0.2, 0.25) is 0 Å². The van der Waals surface area contributed by atoms with Crippen molar-refractivity contribution in [3.63, 3.8) is 0 Å². The Morgan fingerprint density at radius 2 is 2.50 bits per heavy atom. The molecule has 3 N–H and O–H groups in total. The Morgan fingerprint density at radius 1 is 1.80 bits per heavy atom. The molecule has 0 aromatic carbocycles. The van der Waals surface area contributed by atoms with Gasteiger partial charge in [-0.3, -0.25) is 10.6 Å². The molecule has 0 spiro atoms. The molecule has 58 valence electrons. The Morgan fingerprint density at radius 3 is 2.90 bits per heavy atom. The topological polar surface area (TPSA) is 58.4 Å². The van der Waals surface area contributed by atoms with Crippen LogP contribution < -0.4 is 11.2 Å². The van der Waals surface area contributed by atoms with Crippen molar-refractivity contribution in [1.82, 2.24) is 10.3 Å². The Balaban J connectivity index is 2.24. The molecule has 0 aromatic rings.